The van der Waals surface area contributed by atoms with Crippen molar-refractivity contribution >= 4 is 11.7 Å². The van der Waals surface area contributed by atoms with Crippen LogP contribution in [0.25, 0.3) is 0 Å². The monoisotopic (exact) mass is 267 g/mol. The highest BCUT2D eigenvalue weighted by atomic mass is 16.1. The molecule has 20 heavy (non-hydrogen) atoms. The van der Waals surface area contributed by atoms with E-state index in [2.05, 4.69) is 28.3 Å². The van der Waals surface area contributed by atoms with Crippen LogP contribution in [-0.2, 0) is 24.1 Å². The van der Waals surface area contributed by atoms with E-state index in [1.807, 2.05) is 18.3 Å². The summed E-state index contributed by atoms with van der Waals surface area (Å²) in [6.45, 7) is 2.09. The van der Waals surface area contributed by atoms with E-state index in [-0.39, 0.29) is 11.8 Å². The number of nitrogens with one attached hydrogen (secondary N) is 1. The summed E-state index contributed by atoms with van der Waals surface area (Å²) >= 11 is 0. The molecule has 0 fully saturated rings. The van der Waals surface area contributed by atoms with Crippen molar-refractivity contribution in [2.45, 2.75) is 26.2 Å². The van der Waals surface area contributed by atoms with Crippen LogP contribution in [0.4, 0.5) is 5.82 Å². The van der Waals surface area contributed by atoms with Crippen molar-refractivity contribution in [2.75, 3.05) is 5.32 Å². The van der Waals surface area contributed by atoms with Gasteiger partial charge in [0.25, 0.3) is 0 Å². The summed E-state index contributed by atoms with van der Waals surface area (Å²) in [4.78, 5) is 20.8. The summed E-state index contributed by atoms with van der Waals surface area (Å²) < 4.78 is 0. The van der Waals surface area contributed by atoms with E-state index in [1.165, 1.54) is 11.1 Å². The zero-order chi connectivity index (χ0) is 13.9. The van der Waals surface area contributed by atoms with Crippen molar-refractivity contribution in [2.24, 2.45) is 5.92 Å². The first-order chi connectivity index (χ1) is 9.76. The van der Waals surface area contributed by atoms with Gasteiger partial charge in [-0.1, -0.05) is 13.0 Å². The number of amides is 1. The molecule has 0 radical (unpaired) electrons. The molecule has 1 atom stereocenters. The lowest BCUT2D eigenvalue weighted by molar-refractivity contribution is -0.119. The number of fused-ring (bicyclic) bond motifs is 1. The van der Waals surface area contributed by atoms with Crippen LogP contribution in [-0.4, -0.2) is 15.9 Å². The van der Waals surface area contributed by atoms with Crippen molar-refractivity contribution in [3.8, 4) is 0 Å². The second-order valence-electron chi connectivity index (χ2n) is 5.11. The number of hydrogen-bond acceptors (Lipinski definition) is 3. The Morgan fingerprint density at radius 2 is 2.15 bits per heavy atom. The molecule has 0 saturated carbocycles. The molecule has 2 aromatic rings. The van der Waals surface area contributed by atoms with E-state index in [1.54, 1.807) is 12.3 Å². The largest absolute Gasteiger partial charge is 0.310 e. The predicted octanol–water partition coefficient (Wildman–Crippen LogP) is 2.39. The van der Waals surface area contributed by atoms with Gasteiger partial charge in [0, 0.05) is 24.0 Å². The van der Waals surface area contributed by atoms with E-state index in [0.29, 0.717) is 5.82 Å². The topological polar surface area (TPSA) is 54.9 Å². The minimum atomic E-state index is -0.0130. The van der Waals surface area contributed by atoms with Gasteiger partial charge >= 0.3 is 0 Å². The smallest absolute Gasteiger partial charge is 0.229 e. The van der Waals surface area contributed by atoms with Gasteiger partial charge in [0.05, 0.1) is 0 Å². The predicted molar refractivity (Wildman–Crippen MR) is 77.4 cm³/mol. The van der Waals surface area contributed by atoms with Crippen molar-refractivity contribution in [3.63, 3.8) is 0 Å². The van der Waals surface area contributed by atoms with Gasteiger partial charge in [-0.2, -0.15) is 0 Å². The van der Waals surface area contributed by atoms with Crippen LogP contribution in [0, 0.1) is 5.92 Å². The highest BCUT2D eigenvalue weighted by Gasteiger charge is 2.28. The quantitative estimate of drug-likeness (QED) is 0.929. The Kier molecular flexibility index (Phi) is 3.46. The number of aryl methyl sites for hydroxylation is 1. The minimum Gasteiger partial charge on any atom is -0.310 e. The SMILES string of the molecule is CCc1cc2c(cn1)CC(C(=O)Nc1ccccn1)C2. The van der Waals surface area contributed by atoms with Crippen LogP contribution in [0.5, 0.6) is 0 Å². The van der Waals surface area contributed by atoms with Gasteiger partial charge < -0.3 is 5.32 Å². The van der Waals surface area contributed by atoms with Crippen LogP contribution >= 0.6 is 0 Å². The molecule has 1 N–H and O–H groups in total. The maximum absolute atomic E-state index is 12.3. The van der Waals surface area contributed by atoms with Crippen molar-refractivity contribution in [1.82, 2.24) is 9.97 Å². The first kappa shape index (κ1) is 12.8. The lowest BCUT2D eigenvalue weighted by Crippen LogP contribution is -2.23. The fraction of sp³-hybridized carbons (Fsp3) is 0.312. The lowest BCUT2D eigenvalue weighted by atomic mass is 10.1. The van der Waals surface area contributed by atoms with E-state index < -0.39 is 0 Å². The standard InChI is InChI=1S/C16H17N3O/c1-2-14-9-11-7-12(8-13(11)10-18-14)16(20)19-15-5-3-4-6-17-15/h3-6,9-10,12H,2,7-8H2,1H3,(H,17,19,20). The second kappa shape index (κ2) is 5.41. The van der Waals surface area contributed by atoms with Gasteiger partial charge in [0.1, 0.15) is 5.82 Å². The number of anilines is 1. The molecule has 2 heterocycles. The molecule has 4 nitrogen and oxygen atoms in total. The van der Waals surface area contributed by atoms with Crippen LogP contribution in [0.15, 0.2) is 36.7 Å². The first-order valence-electron chi connectivity index (χ1n) is 6.95. The number of nitrogens with zero attached hydrogens (tertiary/aromatic N) is 2. The van der Waals surface area contributed by atoms with E-state index in [0.717, 1.165) is 25.0 Å². The molecule has 102 valence electrons. The molecule has 0 aliphatic heterocycles. The molecule has 4 heteroatoms. The van der Waals surface area contributed by atoms with Crippen LogP contribution in [0.2, 0.25) is 0 Å². The summed E-state index contributed by atoms with van der Waals surface area (Å²) in [5.41, 5.74) is 3.55. The third-order valence-electron chi connectivity index (χ3n) is 3.72. The zero-order valence-corrected chi connectivity index (χ0v) is 11.5. The Bertz CT molecular complexity index is 625. The Balaban J connectivity index is 1.70. The molecule has 3 rings (SSSR count). The Labute approximate surface area is 118 Å². The van der Waals surface area contributed by atoms with Crippen molar-refractivity contribution in [1.29, 1.82) is 0 Å². The van der Waals surface area contributed by atoms with E-state index in [9.17, 15) is 4.79 Å². The fourth-order valence-electron chi connectivity index (χ4n) is 2.60. The molecule has 1 aliphatic carbocycles. The number of pyridine rings is 2. The average Bonchev–Trinajstić information content (AvgIpc) is 2.91. The summed E-state index contributed by atoms with van der Waals surface area (Å²) in [6, 6.07) is 7.63. The Morgan fingerprint density at radius 3 is 2.90 bits per heavy atom. The molecular weight excluding hydrogens is 250 g/mol. The van der Waals surface area contributed by atoms with Gasteiger partial charge in [-0.05, 0) is 48.6 Å². The van der Waals surface area contributed by atoms with Crippen molar-refractivity contribution < 1.29 is 4.79 Å². The molecule has 0 saturated heterocycles. The lowest BCUT2D eigenvalue weighted by Gasteiger charge is -2.09. The molecule has 0 spiro atoms. The van der Waals surface area contributed by atoms with Gasteiger partial charge in [0.15, 0.2) is 0 Å². The Morgan fingerprint density at radius 1 is 1.30 bits per heavy atom. The van der Waals surface area contributed by atoms with Crippen LogP contribution < -0.4 is 5.32 Å². The minimum absolute atomic E-state index is 0.0130. The Hall–Kier alpha value is -2.23. The molecule has 0 aromatic carbocycles. The maximum Gasteiger partial charge on any atom is 0.229 e. The normalized spacial score (nSPS) is 16.8. The summed E-state index contributed by atoms with van der Waals surface area (Å²) in [5.74, 6) is 0.639. The van der Waals surface area contributed by atoms with Crippen LogP contribution in [0.1, 0.15) is 23.7 Å². The number of carbonyl (C=O) groups excluding carboxylic acids is 1. The van der Waals surface area contributed by atoms with Gasteiger partial charge in [-0.3, -0.25) is 9.78 Å². The third kappa shape index (κ3) is 2.54. The molecule has 0 bridgehead atoms. The van der Waals surface area contributed by atoms with E-state index in [4.69, 9.17) is 0 Å². The molecule has 1 aliphatic rings. The maximum atomic E-state index is 12.3. The molecule has 1 unspecified atom stereocenters. The van der Waals surface area contributed by atoms with Crippen molar-refractivity contribution in [3.05, 3.63) is 53.5 Å². The number of aromatic nitrogens is 2. The third-order valence-corrected chi connectivity index (χ3v) is 3.72. The number of carbonyl (C=O) groups is 1. The van der Waals surface area contributed by atoms with E-state index >= 15 is 0 Å². The van der Waals surface area contributed by atoms with Gasteiger partial charge in [-0.15, -0.1) is 0 Å². The first-order valence-corrected chi connectivity index (χ1v) is 6.95. The fourth-order valence-corrected chi connectivity index (χ4v) is 2.60. The number of hydrogen-bond donors (Lipinski definition) is 1. The van der Waals surface area contributed by atoms with Crippen LogP contribution in [0.3, 0.4) is 0 Å². The zero-order valence-electron chi connectivity index (χ0n) is 11.5. The number of rotatable bonds is 3. The molecule has 1 amide bonds. The second-order valence-corrected chi connectivity index (χ2v) is 5.11. The summed E-state index contributed by atoms with van der Waals surface area (Å²) in [6.07, 6.45) is 6.09. The molecule has 2 aromatic heterocycles. The highest BCUT2D eigenvalue weighted by molar-refractivity contribution is 5.92. The molecular formula is C16H17N3O. The highest BCUT2D eigenvalue weighted by Crippen LogP contribution is 2.27. The van der Waals surface area contributed by atoms with Gasteiger partial charge in [-0.25, -0.2) is 4.98 Å². The van der Waals surface area contributed by atoms with Gasteiger partial charge in [0.2, 0.25) is 5.91 Å². The summed E-state index contributed by atoms with van der Waals surface area (Å²) in [7, 11) is 0. The summed E-state index contributed by atoms with van der Waals surface area (Å²) in [5, 5.41) is 2.88. The average molecular weight is 267 g/mol.